The first kappa shape index (κ1) is 19.8. The van der Waals surface area contributed by atoms with Gasteiger partial charge in [0, 0.05) is 0 Å². The molecule has 1 saturated heterocycles. The molecule has 6 heteroatoms. The van der Waals surface area contributed by atoms with Crippen molar-refractivity contribution < 1.29 is 19.1 Å². The topological polar surface area (TPSA) is 55.8 Å². The Balaban J connectivity index is 1.39. The molecule has 0 spiro atoms. The van der Waals surface area contributed by atoms with Crippen LogP contribution in [0.1, 0.15) is 5.56 Å². The molecule has 1 aliphatic heterocycles. The van der Waals surface area contributed by atoms with Crippen molar-refractivity contribution in [2.75, 3.05) is 18.1 Å². The molecule has 0 saturated carbocycles. The van der Waals surface area contributed by atoms with Gasteiger partial charge in [0.15, 0.2) is 0 Å². The summed E-state index contributed by atoms with van der Waals surface area (Å²) in [5.74, 6) is 1.14. The molecule has 1 aliphatic rings. The fourth-order valence-corrected chi connectivity index (χ4v) is 3.79. The van der Waals surface area contributed by atoms with Crippen LogP contribution < -0.4 is 14.4 Å². The van der Waals surface area contributed by atoms with Crippen LogP contribution in [0, 0.1) is 0 Å². The van der Waals surface area contributed by atoms with Crippen LogP contribution in [0.4, 0.5) is 10.5 Å². The van der Waals surface area contributed by atoms with Gasteiger partial charge in [0.05, 0.1) is 10.6 Å². The first-order valence-corrected chi connectivity index (χ1v) is 10.3. The van der Waals surface area contributed by atoms with E-state index in [4.69, 9.17) is 9.47 Å². The van der Waals surface area contributed by atoms with Crippen molar-refractivity contribution >= 4 is 34.7 Å². The molecule has 2 amide bonds. The molecule has 0 aromatic heterocycles. The highest BCUT2D eigenvalue weighted by atomic mass is 32.2. The van der Waals surface area contributed by atoms with Gasteiger partial charge in [0.25, 0.3) is 11.1 Å². The highest BCUT2D eigenvalue weighted by molar-refractivity contribution is 8.19. The van der Waals surface area contributed by atoms with E-state index in [1.165, 1.54) is 4.90 Å². The van der Waals surface area contributed by atoms with Gasteiger partial charge in [0.2, 0.25) is 0 Å². The second kappa shape index (κ2) is 9.33. The van der Waals surface area contributed by atoms with Crippen molar-refractivity contribution in [3.8, 4) is 11.5 Å². The summed E-state index contributed by atoms with van der Waals surface area (Å²) in [6.45, 7) is 0.813. The summed E-state index contributed by atoms with van der Waals surface area (Å²) in [6.07, 6.45) is 1.71. The minimum absolute atomic E-state index is 0.303. The van der Waals surface area contributed by atoms with Crippen LogP contribution in [0.3, 0.4) is 0 Å². The number of benzene rings is 3. The normalized spacial score (nSPS) is 14.9. The Morgan fingerprint density at radius 1 is 0.767 bits per heavy atom. The van der Waals surface area contributed by atoms with Crippen molar-refractivity contribution in [1.82, 2.24) is 0 Å². The number of para-hydroxylation sites is 2. The Morgan fingerprint density at radius 3 is 2.13 bits per heavy atom. The number of carbonyl (C=O) groups excluding carboxylic acids is 2. The second-order valence-electron chi connectivity index (χ2n) is 6.44. The fourth-order valence-electron chi connectivity index (χ4n) is 2.95. The lowest BCUT2D eigenvalue weighted by molar-refractivity contribution is -0.113. The zero-order valence-electron chi connectivity index (χ0n) is 16.1. The number of imide groups is 1. The van der Waals surface area contributed by atoms with Crippen molar-refractivity contribution in [2.45, 2.75) is 0 Å². The molecule has 1 heterocycles. The number of hydrogen-bond donors (Lipinski definition) is 0. The van der Waals surface area contributed by atoms with Crippen LogP contribution in [-0.2, 0) is 4.79 Å². The van der Waals surface area contributed by atoms with Gasteiger partial charge in [-0.15, -0.1) is 0 Å². The number of ether oxygens (including phenoxy) is 2. The van der Waals surface area contributed by atoms with Gasteiger partial charge in [0.1, 0.15) is 24.7 Å². The van der Waals surface area contributed by atoms with E-state index in [0.717, 1.165) is 23.1 Å². The number of anilines is 1. The average Bonchev–Trinajstić information content (AvgIpc) is 3.05. The largest absolute Gasteiger partial charge is 0.490 e. The van der Waals surface area contributed by atoms with Crippen molar-refractivity contribution in [3.63, 3.8) is 0 Å². The number of rotatable bonds is 7. The van der Waals surface area contributed by atoms with E-state index >= 15 is 0 Å². The molecule has 150 valence electrons. The second-order valence-corrected chi connectivity index (χ2v) is 7.43. The third kappa shape index (κ3) is 4.72. The highest BCUT2D eigenvalue weighted by Crippen LogP contribution is 2.35. The molecule has 0 radical (unpaired) electrons. The molecule has 0 unspecified atom stereocenters. The molecular weight excluding hydrogens is 398 g/mol. The summed E-state index contributed by atoms with van der Waals surface area (Å²) < 4.78 is 11.4. The maximum atomic E-state index is 12.7. The van der Waals surface area contributed by atoms with Crippen LogP contribution in [-0.4, -0.2) is 24.4 Å². The van der Waals surface area contributed by atoms with Gasteiger partial charge < -0.3 is 9.47 Å². The Kier molecular flexibility index (Phi) is 6.15. The van der Waals surface area contributed by atoms with Crippen LogP contribution in [0.25, 0.3) is 6.08 Å². The standard InChI is InChI=1S/C24H19NO4S/c26-23-22(30-24(27)25(23)19-9-3-1-4-10-19)17-18-8-7-13-21(16-18)29-15-14-28-20-11-5-2-6-12-20/h1-13,16-17H,14-15H2/b22-17-. The van der Waals surface area contributed by atoms with E-state index in [0.29, 0.717) is 29.6 Å². The van der Waals surface area contributed by atoms with Gasteiger partial charge in [-0.1, -0.05) is 48.5 Å². The van der Waals surface area contributed by atoms with Gasteiger partial charge in [-0.25, -0.2) is 4.90 Å². The zero-order chi connectivity index (χ0) is 20.8. The predicted molar refractivity (Wildman–Crippen MR) is 119 cm³/mol. The fraction of sp³-hybridized carbons (Fsp3) is 0.0833. The van der Waals surface area contributed by atoms with E-state index in [2.05, 4.69) is 0 Å². The van der Waals surface area contributed by atoms with Crippen LogP contribution in [0.2, 0.25) is 0 Å². The Bertz CT molecular complexity index is 1070. The molecule has 0 atom stereocenters. The smallest absolute Gasteiger partial charge is 0.298 e. The summed E-state index contributed by atoms with van der Waals surface area (Å²) in [7, 11) is 0. The number of carbonyl (C=O) groups is 2. The lowest BCUT2D eigenvalue weighted by Gasteiger charge is -2.11. The highest BCUT2D eigenvalue weighted by Gasteiger charge is 2.36. The molecule has 0 aliphatic carbocycles. The lowest BCUT2D eigenvalue weighted by atomic mass is 10.2. The number of thioether (sulfide) groups is 1. The maximum absolute atomic E-state index is 12.7. The van der Waals surface area contributed by atoms with Gasteiger partial charge in [-0.2, -0.15) is 0 Å². The minimum atomic E-state index is -0.321. The SMILES string of the molecule is O=C1S/C(=C\c2cccc(OCCOc3ccccc3)c2)C(=O)N1c1ccccc1. The van der Waals surface area contributed by atoms with Gasteiger partial charge in [-0.05, 0) is 59.8 Å². The Hall–Kier alpha value is -3.51. The monoisotopic (exact) mass is 417 g/mol. The number of amides is 2. The van der Waals surface area contributed by atoms with Crippen LogP contribution in [0.15, 0.2) is 89.8 Å². The van der Waals surface area contributed by atoms with E-state index < -0.39 is 0 Å². The summed E-state index contributed by atoms with van der Waals surface area (Å²) >= 11 is 0.934. The third-order valence-electron chi connectivity index (χ3n) is 4.33. The van der Waals surface area contributed by atoms with E-state index in [1.54, 1.807) is 30.3 Å². The van der Waals surface area contributed by atoms with Crippen molar-refractivity contribution in [1.29, 1.82) is 0 Å². The van der Waals surface area contributed by atoms with Crippen LogP contribution in [0.5, 0.6) is 11.5 Å². The first-order chi connectivity index (χ1) is 14.7. The molecule has 3 aromatic carbocycles. The van der Waals surface area contributed by atoms with Crippen molar-refractivity contribution in [3.05, 3.63) is 95.4 Å². The Labute approximate surface area is 178 Å². The number of hydrogen-bond acceptors (Lipinski definition) is 5. The summed E-state index contributed by atoms with van der Waals surface area (Å²) in [5.41, 5.74) is 1.36. The van der Waals surface area contributed by atoms with Gasteiger partial charge in [-0.3, -0.25) is 9.59 Å². The summed E-state index contributed by atoms with van der Waals surface area (Å²) in [4.78, 5) is 26.6. The van der Waals surface area contributed by atoms with E-state index in [-0.39, 0.29) is 11.1 Å². The van der Waals surface area contributed by atoms with Crippen molar-refractivity contribution in [2.24, 2.45) is 0 Å². The van der Waals surface area contributed by atoms with Crippen LogP contribution >= 0.6 is 11.8 Å². The van der Waals surface area contributed by atoms with Gasteiger partial charge >= 0.3 is 0 Å². The van der Waals surface area contributed by atoms with E-state index in [9.17, 15) is 9.59 Å². The lowest BCUT2D eigenvalue weighted by Crippen LogP contribution is -2.27. The zero-order valence-corrected chi connectivity index (χ0v) is 16.9. The molecule has 30 heavy (non-hydrogen) atoms. The van der Waals surface area contributed by atoms with E-state index in [1.807, 2.05) is 60.7 Å². The summed E-state index contributed by atoms with van der Waals surface area (Å²) in [6, 6.07) is 25.9. The molecule has 4 rings (SSSR count). The molecular formula is C24H19NO4S. The average molecular weight is 417 g/mol. The minimum Gasteiger partial charge on any atom is -0.490 e. The summed E-state index contributed by atoms with van der Waals surface area (Å²) in [5, 5.41) is -0.303. The Morgan fingerprint density at radius 2 is 1.40 bits per heavy atom. The number of nitrogens with zero attached hydrogens (tertiary/aromatic N) is 1. The predicted octanol–water partition coefficient (Wildman–Crippen LogP) is 5.39. The molecule has 0 bridgehead atoms. The molecule has 5 nitrogen and oxygen atoms in total. The molecule has 1 fully saturated rings. The molecule has 3 aromatic rings. The first-order valence-electron chi connectivity index (χ1n) is 9.44. The quantitative estimate of drug-likeness (QED) is 0.381. The molecule has 0 N–H and O–H groups in total. The third-order valence-corrected chi connectivity index (χ3v) is 5.20. The maximum Gasteiger partial charge on any atom is 0.298 e.